The van der Waals surface area contributed by atoms with Gasteiger partial charge in [-0.2, -0.15) is 17.6 Å². The lowest BCUT2D eigenvalue weighted by Gasteiger charge is -2.35. The van der Waals surface area contributed by atoms with Crippen molar-refractivity contribution >= 4 is 23.4 Å². The highest BCUT2D eigenvalue weighted by atomic mass is 35.5. The molecule has 192 valence electrons. The average molecular weight is 535 g/mol. The molecule has 2 N–H and O–H groups in total. The van der Waals surface area contributed by atoms with Gasteiger partial charge in [-0.1, -0.05) is 59.2 Å². The van der Waals surface area contributed by atoms with Crippen molar-refractivity contribution in [1.82, 2.24) is 15.5 Å². The summed E-state index contributed by atoms with van der Waals surface area (Å²) in [6.07, 6.45) is -6.06. The van der Waals surface area contributed by atoms with Gasteiger partial charge in [0.15, 0.2) is 5.82 Å². The van der Waals surface area contributed by atoms with Crippen LogP contribution in [0, 0.1) is 0 Å². The lowest BCUT2D eigenvalue weighted by atomic mass is 9.80. The number of anilines is 1. The van der Waals surface area contributed by atoms with Crippen LogP contribution >= 0.6 is 11.6 Å². The first-order valence-electron chi connectivity index (χ1n) is 10.8. The van der Waals surface area contributed by atoms with Crippen molar-refractivity contribution < 1.29 is 31.6 Å². The maximum absolute atomic E-state index is 13.7. The Morgan fingerprint density at radius 1 is 1.05 bits per heavy atom. The summed E-state index contributed by atoms with van der Waals surface area (Å²) in [7, 11) is 0. The van der Waals surface area contributed by atoms with Crippen LogP contribution in [0.3, 0.4) is 0 Å². The highest BCUT2D eigenvalue weighted by molar-refractivity contribution is 6.30. The van der Waals surface area contributed by atoms with Crippen LogP contribution in [0.4, 0.5) is 28.2 Å². The molecule has 1 atom stereocenters. The monoisotopic (exact) mass is 534 g/mol. The molecule has 37 heavy (non-hydrogen) atoms. The van der Waals surface area contributed by atoms with Gasteiger partial charge in [-0.3, -0.25) is 10.3 Å². The first-order chi connectivity index (χ1) is 17.7. The minimum absolute atomic E-state index is 0.0867. The third kappa shape index (κ3) is 6.18. The number of carbonyl (C=O) groups excluding carboxylic acids is 1. The van der Waals surface area contributed by atoms with Gasteiger partial charge in [0.1, 0.15) is 17.6 Å². The summed E-state index contributed by atoms with van der Waals surface area (Å²) in [5.74, 6) is -0.420. The quantitative estimate of drug-likeness (QED) is 0.247. The molecule has 0 saturated carbocycles. The highest BCUT2D eigenvalue weighted by Crippen LogP contribution is 2.36. The molecule has 0 fully saturated rings. The summed E-state index contributed by atoms with van der Waals surface area (Å²) in [5.41, 5.74) is -0.248. The van der Waals surface area contributed by atoms with Crippen molar-refractivity contribution in [3.63, 3.8) is 0 Å². The molecule has 0 unspecified atom stereocenters. The number of halogens is 5. The molecule has 4 aromatic rings. The molecule has 2 aromatic heterocycles. The highest BCUT2D eigenvalue weighted by Gasteiger charge is 2.44. The molecular weight excluding hydrogens is 516 g/mol. The molecule has 4 rings (SSSR count). The van der Waals surface area contributed by atoms with Crippen molar-refractivity contribution in [3.05, 3.63) is 107 Å². The van der Waals surface area contributed by atoms with Crippen molar-refractivity contribution in [2.45, 2.75) is 24.5 Å². The first kappa shape index (κ1) is 26.0. The van der Waals surface area contributed by atoms with Gasteiger partial charge in [0.05, 0.1) is 10.7 Å². The molecule has 2 aromatic carbocycles. The van der Waals surface area contributed by atoms with Crippen LogP contribution in [-0.4, -0.2) is 28.7 Å². The Morgan fingerprint density at radius 3 is 2.49 bits per heavy atom. The lowest BCUT2D eigenvalue weighted by Crippen LogP contribution is -2.50. The van der Waals surface area contributed by atoms with Gasteiger partial charge < -0.3 is 14.6 Å². The van der Waals surface area contributed by atoms with Gasteiger partial charge in [-0.05, 0) is 35.4 Å². The molecular formula is C25H19ClF4N4O3. The van der Waals surface area contributed by atoms with Crippen LogP contribution in [0.15, 0.2) is 89.8 Å². The Labute approximate surface area is 213 Å². The zero-order valence-corrected chi connectivity index (χ0v) is 19.6. The Bertz CT molecular complexity index is 1330. The van der Waals surface area contributed by atoms with E-state index in [0.29, 0.717) is 5.02 Å². The predicted octanol–water partition coefficient (Wildman–Crippen LogP) is 6.27. The van der Waals surface area contributed by atoms with E-state index < -0.39 is 29.9 Å². The lowest BCUT2D eigenvalue weighted by molar-refractivity contribution is -0.253. The number of urea groups is 1. The second-order valence-corrected chi connectivity index (χ2v) is 8.32. The molecule has 0 bridgehead atoms. The van der Waals surface area contributed by atoms with Gasteiger partial charge >= 0.3 is 18.6 Å². The van der Waals surface area contributed by atoms with Gasteiger partial charge in [-0.25, -0.2) is 4.79 Å². The number of nitrogens with one attached hydrogen (secondary N) is 2. The van der Waals surface area contributed by atoms with Crippen LogP contribution in [0.2, 0.25) is 5.02 Å². The van der Waals surface area contributed by atoms with Crippen molar-refractivity contribution in [3.8, 4) is 5.75 Å². The van der Waals surface area contributed by atoms with Crippen LogP contribution in [-0.2, 0) is 12.0 Å². The molecule has 12 heteroatoms. The molecule has 2 amide bonds. The summed E-state index contributed by atoms with van der Waals surface area (Å²) in [6, 6.07) is 17.9. The average Bonchev–Trinajstić information content (AvgIpc) is 3.37. The van der Waals surface area contributed by atoms with E-state index in [1.165, 1.54) is 30.7 Å². The molecule has 2 heterocycles. The summed E-state index contributed by atoms with van der Waals surface area (Å²) < 4.78 is 62.1. The van der Waals surface area contributed by atoms with E-state index in [9.17, 15) is 22.4 Å². The molecule has 0 saturated heterocycles. The second kappa shape index (κ2) is 10.9. The van der Waals surface area contributed by atoms with Crippen molar-refractivity contribution in [1.29, 1.82) is 0 Å². The number of amides is 2. The number of hydrogen-bond donors (Lipinski definition) is 2. The summed E-state index contributed by atoms with van der Waals surface area (Å²) in [5, 5.41) is 9.34. The van der Waals surface area contributed by atoms with E-state index in [1.807, 2.05) is 0 Å². The number of nitrogens with zero attached hydrogens (tertiary/aromatic N) is 2. The van der Waals surface area contributed by atoms with E-state index in [-0.39, 0.29) is 23.5 Å². The molecule has 0 aliphatic rings. The number of carbonyl (C=O) groups is 1. The number of hydrogen-bond acceptors (Lipinski definition) is 5. The Kier molecular flexibility index (Phi) is 7.63. The Balaban J connectivity index is 1.85. The largest absolute Gasteiger partial charge is 0.461 e. The van der Waals surface area contributed by atoms with Crippen LogP contribution in [0.25, 0.3) is 0 Å². The standard InChI is InChI=1S/C25H19ClF4N4O3/c26-18-9-10-20(31-15-18)24(14-16-5-2-1-3-6-16,33-23(35)32-21-11-12-36-34-21)17-7-4-8-19(13-17)37-25(29,30)22(27)28/h1-13,15,22H,14H2,(H2,32,33,34,35)/t24-/m0/s1. The van der Waals surface area contributed by atoms with Crippen molar-refractivity contribution in [2.24, 2.45) is 0 Å². The van der Waals surface area contributed by atoms with Crippen LogP contribution in [0.5, 0.6) is 5.75 Å². The predicted molar refractivity (Wildman–Crippen MR) is 127 cm³/mol. The van der Waals surface area contributed by atoms with E-state index in [2.05, 4.69) is 25.5 Å². The molecule has 0 spiro atoms. The van der Waals surface area contributed by atoms with Crippen LogP contribution < -0.4 is 15.4 Å². The van der Waals surface area contributed by atoms with E-state index in [1.54, 1.807) is 42.5 Å². The number of ether oxygens (including phenoxy) is 1. The topological polar surface area (TPSA) is 89.3 Å². The fourth-order valence-corrected chi connectivity index (χ4v) is 3.81. The molecule has 0 radical (unpaired) electrons. The third-order valence-corrected chi connectivity index (χ3v) is 5.54. The maximum atomic E-state index is 13.7. The number of pyridine rings is 1. The number of rotatable bonds is 9. The van der Waals surface area contributed by atoms with Crippen molar-refractivity contribution in [2.75, 3.05) is 5.32 Å². The summed E-state index contributed by atoms with van der Waals surface area (Å²) in [4.78, 5) is 17.5. The minimum atomic E-state index is -4.73. The van der Waals surface area contributed by atoms with Crippen LogP contribution in [0.1, 0.15) is 16.8 Å². The van der Waals surface area contributed by atoms with Gasteiger partial charge in [-0.15, -0.1) is 0 Å². The Hall–Kier alpha value is -4.12. The molecule has 0 aliphatic carbocycles. The Morgan fingerprint density at radius 2 is 1.84 bits per heavy atom. The second-order valence-electron chi connectivity index (χ2n) is 7.89. The van der Waals surface area contributed by atoms with Gasteiger partial charge in [0.25, 0.3) is 0 Å². The fraction of sp³-hybridized carbons (Fsp3) is 0.160. The van der Waals surface area contributed by atoms with E-state index in [4.69, 9.17) is 16.1 Å². The normalized spacial score (nSPS) is 13.1. The SMILES string of the molecule is O=C(Nc1ccon1)N[C@@](Cc1ccccc1)(c1cccc(OC(F)(F)C(F)F)c1)c1ccc(Cl)cn1. The fourth-order valence-electron chi connectivity index (χ4n) is 3.70. The molecule has 7 nitrogen and oxygen atoms in total. The first-order valence-corrected chi connectivity index (χ1v) is 11.2. The number of benzene rings is 2. The van der Waals surface area contributed by atoms with E-state index in [0.717, 1.165) is 17.7 Å². The molecule has 0 aliphatic heterocycles. The van der Waals surface area contributed by atoms with Gasteiger partial charge in [0.2, 0.25) is 0 Å². The summed E-state index contributed by atoms with van der Waals surface area (Å²) in [6.45, 7) is 0. The third-order valence-electron chi connectivity index (χ3n) is 5.32. The zero-order chi connectivity index (χ0) is 26.5. The smallest absolute Gasteiger partial charge is 0.428 e. The number of aromatic nitrogens is 2. The summed E-state index contributed by atoms with van der Waals surface area (Å²) >= 11 is 6.04. The maximum Gasteiger partial charge on any atom is 0.461 e. The van der Waals surface area contributed by atoms with Gasteiger partial charge in [0, 0.05) is 18.7 Å². The van der Waals surface area contributed by atoms with E-state index >= 15 is 0 Å². The minimum Gasteiger partial charge on any atom is -0.428 e. The number of alkyl halides is 4. The zero-order valence-electron chi connectivity index (χ0n) is 18.9.